The SMILES string of the molecule is CCCCCCCCCCOc1cccc2oc(=O)c(OCC=C(C)CCC=C(C)C)c(O)c12. The molecule has 34 heavy (non-hydrogen) atoms. The molecule has 0 saturated carbocycles. The highest BCUT2D eigenvalue weighted by molar-refractivity contribution is 5.91. The molecule has 0 aliphatic rings. The minimum Gasteiger partial charge on any atom is -0.503 e. The lowest BCUT2D eigenvalue weighted by Gasteiger charge is -2.12. The summed E-state index contributed by atoms with van der Waals surface area (Å²) in [6.07, 6.45) is 15.8. The zero-order valence-corrected chi connectivity index (χ0v) is 21.5. The fourth-order valence-corrected chi connectivity index (χ4v) is 3.81. The van der Waals surface area contributed by atoms with E-state index in [4.69, 9.17) is 13.9 Å². The number of unbranched alkanes of at least 4 members (excludes halogenated alkanes) is 7. The van der Waals surface area contributed by atoms with E-state index in [0.717, 1.165) is 31.3 Å². The van der Waals surface area contributed by atoms with Crippen LogP contribution in [-0.4, -0.2) is 18.3 Å². The number of benzene rings is 1. The average molecular weight is 471 g/mol. The molecule has 1 aromatic carbocycles. The van der Waals surface area contributed by atoms with Crippen molar-refractivity contribution in [3.63, 3.8) is 0 Å². The van der Waals surface area contributed by atoms with E-state index in [1.807, 2.05) is 13.0 Å². The lowest BCUT2D eigenvalue weighted by molar-refractivity contribution is 0.301. The molecule has 188 valence electrons. The molecule has 1 N–H and O–H groups in total. The third kappa shape index (κ3) is 9.28. The van der Waals surface area contributed by atoms with Gasteiger partial charge in [0.1, 0.15) is 23.3 Å². The van der Waals surface area contributed by atoms with Crippen LogP contribution in [0.5, 0.6) is 17.2 Å². The molecule has 0 atom stereocenters. The third-order valence-electron chi connectivity index (χ3n) is 5.83. The molecule has 2 rings (SSSR count). The first-order valence-corrected chi connectivity index (χ1v) is 12.8. The van der Waals surface area contributed by atoms with Gasteiger partial charge in [0, 0.05) is 0 Å². The van der Waals surface area contributed by atoms with Gasteiger partial charge in [-0.3, -0.25) is 0 Å². The highest BCUT2D eigenvalue weighted by atomic mass is 16.5. The molecule has 0 aliphatic heterocycles. The maximum Gasteiger partial charge on any atom is 0.383 e. The third-order valence-corrected chi connectivity index (χ3v) is 5.83. The number of aromatic hydroxyl groups is 1. The number of allylic oxidation sites excluding steroid dienone is 3. The summed E-state index contributed by atoms with van der Waals surface area (Å²) in [7, 11) is 0. The summed E-state index contributed by atoms with van der Waals surface area (Å²) in [6.45, 7) is 9.16. The predicted octanol–water partition coefficient (Wildman–Crippen LogP) is 8.09. The van der Waals surface area contributed by atoms with E-state index in [0.29, 0.717) is 17.7 Å². The first kappa shape index (κ1) is 27.6. The minimum atomic E-state index is -0.694. The van der Waals surface area contributed by atoms with Gasteiger partial charge in [0.25, 0.3) is 0 Å². The van der Waals surface area contributed by atoms with Crippen LogP contribution in [0.3, 0.4) is 0 Å². The number of hydrogen-bond donors (Lipinski definition) is 1. The van der Waals surface area contributed by atoms with Gasteiger partial charge < -0.3 is 19.0 Å². The maximum absolute atomic E-state index is 12.4. The Morgan fingerprint density at radius 3 is 2.38 bits per heavy atom. The highest BCUT2D eigenvalue weighted by Crippen LogP contribution is 2.37. The van der Waals surface area contributed by atoms with Crippen LogP contribution in [0.2, 0.25) is 0 Å². The van der Waals surface area contributed by atoms with Gasteiger partial charge in [0.15, 0.2) is 5.75 Å². The van der Waals surface area contributed by atoms with Gasteiger partial charge in [-0.2, -0.15) is 0 Å². The second-order valence-electron chi connectivity index (χ2n) is 9.20. The van der Waals surface area contributed by atoms with Crippen molar-refractivity contribution >= 4 is 11.0 Å². The number of rotatable bonds is 16. The fourth-order valence-electron chi connectivity index (χ4n) is 3.81. The minimum absolute atomic E-state index is 0.177. The standard InChI is InChI=1S/C29H42O5/c1-5-6-7-8-9-10-11-12-20-32-24-17-14-18-25-26(24)27(30)28(29(31)34-25)33-21-19-23(4)16-13-15-22(2)3/h14-15,17-19,30H,5-13,16,20-21H2,1-4H3. The normalized spacial score (nSPS) is 11.6. The predicted molar refractivity (Wildman–Crippen MR) is 140 cm³/mol. The molecule has 0 saturated heterocycles. The first-order valence-electron chi connectivity index (χ1n) is 12.8. The number of ether oxygens (including phenoxy) is 2. The fraction of sp³-hybridized carbons (Fsp3) is 0.552. The average Bonchev–Trinajstić information content (AvgIpc) is 2.79. The molecule has 5 heteroatoms. The van der Waals surface area contributed by atoms with E-state index in [-0.39, 0.29) is 23.7 Å². The van der Waals surface area contributed by atoms with Crippen LogP contribution in [0.1, 0.15) is 91.9 Å². The molecule has 0 bridgehead atoms. The largest absolute Gasteiger partial charge is 0.503 e. The summed E-state index contributed by atoms with van der Waals surface area (Å²) >= 11 is 0. The lowest BCUT2D eigenvalue weighted by Crippen LogP contribution is -2.08. The van der Waals surface area contributed by atoms with E-state index in [1.165, 1.54) is 44.1 Å². The van der Waals surface area contributed by atoms with Crippen LogP contribution in [0.4, 0.5) is 0 Å². The summed E-state index contributed by atoms with van der Waals surface area (Å²) in [5.74, 6) is 0.0948. The molecule has 1 aromatic heterocycles. The highest BCUT2D eigenvalue weighted by Gasteiger charge is 2.18. The van der Waals surface area contributed by atoms with Crippen molar-refractivity contribution in [2.75, 3.05) is 13.2 Å². The van der Waals surface area contributed by atoms with E-state index >= 15 is 0 Å². The quantitative estimate of drug-likeness (QED) is 0.152. The summed E-state index contributed by atoms with van der Waals surface area (Å²) < 4.78 is 17.0. The lowest BCUT2D eigenvalue weighted by atomic mass is 10.1. The van der Waals surface area contributed by atoms with Crippen molar-refractivity contribution in [1.82, 2.24) is 0 Å². The Kier molecular flexibility index (Phi) is 12.4. The monoisotopic (exact) mass is 470 g/mol. The van der Waals surface area contributed by atoms with E-state index in [1.54, 1.807) is 18.2 Å². The van der Waals surface area contributed by atoms with E-state index < -0.39 is 5.63 Å². The van der Waals surface area contributed by atoms with Crippen LogP contribution in [-0.2, 0) is 0 Å². The van der Waals surface area contributed by atoms with Gasteiger partial charge in [-0.15, -0.1) is 0 Å². The van der Waals surface area contributed by atoms with Crippen molar-refractivity contribution in [3.8, 4) is 17.2 Å². The van der Waals surface area contributed by atoms with E-state index in [2.05, 4.69) is 26.8 Å². The Balaban J connectivity index is 1.97. The van der Waals surface area contributed by atoms with Gasteiger partial charge in [-0.25, -0.2) is 4.79 Å². The van der Waals surface area contributed by atoms with Gasteiger partial charge in [0.05, 0.1) is 6.61 Å². The molecule has 0 radical (unpaired) electrons. The molecule has 0 aliphatic carbocycles. The Morgan fingerprint density at radius 1 is 0.971 bits per heavy atom. The molecular weight excluding hydrogens is 428 g/mol. The van der Waals surface area contributed by atoms with Gasteiger partial charge >= 0.3 is 5.63 Å². The zero-order chi connectivity index (χ0) is 24.8. The van der Waals surface area contributed by atoms with Gasteiger partial charge in [-0.05, 0) is 58.2 Å². The van der Waals surface area contributed by atoms with Crippen molar-refractivity contribution in [2.24, 2.45) is 0 Å². The summed E-state index contributed by atoms with van der Waals surface area (Å²) in [4.78, 5) is 12.4. The van der Waals surface area contributed by atoms with Crippen molar-refractivity contribution < 1.29 is 19.0 Å². The molecular formula is C29H42O5. The maximum atomic E-state index is 12.4. The van der Waals surface area contributed by atoms with Crippen LogP contribution in [0.15, 0.2) is 50.7 Å². The summed E-state index contributed by atoms with van der Waals surface area (Å²) in [5, 5.41) is 11.2. The Morgan fingerprint density at radius 2 is 1.68 bits per heavy atom. The van der Waals surface area contributed by atoms with Gasteiger partial charge in [0.2, 0.25) is 5.75 Å². The first-order chi connectivity index (χ1) is 16.4. The smallest absolute Gasteiger partial charge is 0.383 e. The molecule has 2 aromatic rings. The van der Waals surface area contributed by atoms with Crippen LogP contribution >= 0.6 is 0 Å². The molecule has 0 unspecified atom stereocenters. The number of fused-ring (bicyclic) bond motifs is 1. The second kappa shape index (κ2) is 15.3. The molecule has 1 heterocycles. The second-order valence-corrected chi connectivity index (χ2v) is 9.20. The molecule has 0 fully saturated rings. The topological polar surface area (TPSA) is 68.9 Å². The Hall–Kier alpha value is -2.69. The molecule has 5 nitrogen and oxygen atoms in total. The van der Waals surface area contributed by atoms with Crippen molar-refractivity contribution in [3.05, 3.63) is 51.9 Å². The van der Waals surface area contributed by atoms with Crippen LogP contribution < -0.4 is 15.1 Å². The van der Waals surface area contributed by atoms with Crippen molar-refractivity contribution in [2.45, 2.75) is 91.9 Å². The Bertz CT molecular complexity index is 995. The zero-order valence-electron chi connectivity index (χ0n) is 21.5. The van der Waals surface area contributed by atoms with Crippen LogP contribution in [0, 0.1) is 0 Å². The van der Waals surface area contributed by atoms with Crippen LogP contribution in [0.25, 0.3) is 11.0 Å². The number of hydrogen-bond acceptors (Lipinski definition) is 5. The van der Waals surface area contributed by atoms with Crippen molar-refractivity contribution in [1.29, 1.82) is 0 Å². The van der Waals surface area contributed by atoms with Gasteiger partial charge in [-0.1, -0.05) is 75.2 Å². The van der Waals surface area contributed by atoms with E-state index in [9.17, 15) is 9.90 Å². The summed E-state index contributed by atoms with van der Waals surface area (Å²) in [6, 6.07) is 5.19. The Labute approximate surface area is 204 Å². The molecule has 0 spiro atoms. The molecule has 0 amide bonds. The summed E-state index contributed by atoms with van der Waals surface area (Å²) in [5.41, 5.74) is 2.05.